The first-order chi connectivity index (χ1) is 12.6. The smallest absolute Gasteiger partial charge is 0.270 e. The van der Waals surface area contributed by atoms with Crippen LogP contribution in [-0.2, 0) is 9.53 Å². The lowest BCUT2D eigenvalue weighted by molar-refractivity contribution is -0.140. The van der Waals surface area contributed by atoms with Crippen molar-refractivity contribution in [1.82, 2.24) is 15.2 Å². The van der Waals surface area contributed by atoms with Gasteiger partial charge in [0.15, 0.2) is 0 Å². The summed E-state index contributed by atoms with van der Waals surface area (Å²) in [5.74, 6) is -0.580. The molecule has 0 spiro atoms. The van der Waals surface area contributed by atoms with Gasteiger partial charge in [-0.25, -0.2) is 0 Å². The average molecular weight is 375 g/mol. The van der Waals surface area contributed by atoms with Crippen molar-refractivity contribution in [3.8, 4) is 0 Å². The maximum atomic E-state index is 12.6. The number of carbonyl (C=O) groups excluding carboxylic acids is 2. The van der Waals surface area contributed by atoms with Crippen molar-refractivity contribution in [2.45, 2.75) is 18.6 Å². The second-order valence-electron chi connectivity index (χ2n) is 5.98. The summed E-state index contributed by atoms with van der Waals surface area (Å²) >= 11 is 1.48. The molecule has 8 heteroatoms. The molecule has 0 saturated carbocycles. The fraction of sp³-hybridized carbons (Fsp3) is 0.389. The lowest BCUT2D eigenvalue weighted by atomic mass is 10.1. The molecule has 1 aliphatic rings. The minimum atomic E-state index is -0.639. The highest BCUT2D eigenvalue weighted by molar-refractivity contribution is 7.10. The van der Waals surface area contributed by atoms with Crippen LogP contribution in [0.2, 0.25) is 0 Å². The van der Waals surface area contributed by atoms with E-state index in [0.717, 1.165) is 4.88 Å². The number of rotatable bonds is 6. The topological polar surface area (TPSA) is 91.8 Å². The van der Waals surface area contributed by atoms with E-state index in [1.54, 1.807) is 23.1 Å². The highest BCUT2D eigenvalue weighted by Crippen LogP contribution is 2.25. The molecule has 26 heavy (non-hydrogen) atoms. The predicted molar refractivity (Wildman–Crippen MR) is 96.8 cm³/mol. The molecular weight excluding hydrogens is 354 g/mol. The van der Waals surface area contributed by atoms with Gasteiger partial charge in [0, 0.05) is 24.0 Å². The van der Waals surface area contributed by atoms with Gasteiger partial charge in [-0.1, -0.05) is 12.1 Å². The number of aliphatic hydroxyl groups excluding tert-OH is 1. The Morgan fingerprint density at radius 1 is 1.38 bits per heavy atom. The molecule has 0 unspecified atom stereocenters. The summed E-state index contributed by atoms with van der Waals surface area (Å²) in [6.45, 7) is 1.16. The Balaban J connectivity index is 1.56. The third kappa shape index (κ3) is 4.66. The highest BCUT2D eigenvalue weighted by atomic mass is 32.1. The Labute approximate surface area is 155 Å². The number of carbonyl (C=O) groups is 2. The van der Waals surface area contributed by atoms with Crippen molar-refractivity contribution < 1.29 is 19.4 Å². The number of aliphatic hydroxyl groups is 1. The third-order valence-electron chi connectivity index (χ3n) is 4.21. The molecule has 2 amide bonds. The summed E-state index contributed by atoms with van der Waals surface area (Å²) in [4.78, 5) is 31.1. The van der Waals surface area contributed by atoms with Crippen LogP contribution in [0.4, 0.5) is 0 Å². The first-order valence-corrected chi connectivity index (χ1v) is 9.31. The standard InChI is InChI=1S/C18H21N3O4S/c22-15(16-5-3-9-26-16)10-13-12-25-8-7-21(13)17(23)11-20-18(24)14-4-1-2-6-19-14/h1-6,9,13,15,22H,7-8,10-12H2,(H,20,24)/t13-,15-/m1/s1. The van der Waals surface area contributed by atoms with E-state index in [0.29, 0.717) is 26.2 Å². The summed E-state index contributed by atoms with van der Waals surface area (Å²) in [5, 5.41) is 14.9. The molecule has 3 rings (SSSR count). The van der Waals surface area contributed by atoms with Crippen LogP contribution in [-0.4, -0.2) is 59.1 Å². The van der Waals surface area contributed by atoms with E-state index in [1.165, 1.54) is 17.5 Å². The van der Waals surface area contributed by atoms with E-state index >= 15 is 0 Å². The molecule has 2 aromatic rings. The van der Waals surface area contributed by atoms with Crippen LogP contribution in [0.25, 0.3) is 0 Å². The molecule has 0 radical (unpaired) electrons. The van der Waals surface area contributed by atoms with Gasteiger partial charge in [0.05, 0.1) is 31.9 Å². The van der Waals surface area contributed by atoms with Gasteiger partial charge in [-0.2, -0.15) is 0 Å². The van der Waals surface area contributed by atoms with Gasteiger partial charge >= 0.3 is 0 Å². The number of nitrogens with zero attached hydrogens (tertiary/aromatic N) is 2. The summed E-state index contributed by atoms with van der Waals surface area (Å²) < 4.78 is 5.48. The molecule has 1 aliphatic heterocycles. The van der Waals surface area contributed by atoms with Crippen molar-refractivity contribution in [3.63, 3.8) is 0 Å². The molecule has 0 aliphatic carbocycles. The Kier molecular flexibility index (Phi) is 6.32. The van der Waals surface area contributed by atoms with Crippen LogP contribution in [0.1, 0.15) is 27.9 Å². The summed E-state index contributed by atoms with van der Waals surface area (Å²) in [7, 11) is 0. The van der Waals surface area contributed by atoms with Gasteiger partial charge in [-0.3, -0.25) is 14.6 Å². The fourth-order valence-electron chi connectivity index (χ4n) is 2.88. The van der Waals surface area contributed by atoms with Gasteiger partial charge in [-0.05, 0) is 23.6 Å². The van der Waals surface area contributed by atoms with Crippen LogP contribution in [0.15, 0.2) is 41.9 Å². The maximum absolute atomic E-state index is 12.6. The lowest BCUT2D eigenvalue weighted by Gasteiger charge is -2.36. The van der Waals surface area contributed by atoms with E-state index in [2.05, 4.69) is 10.3 Å². The van der Waals surface area contributed by atoms with Crippen molar-refractivity contribution in [3.05, 3.63) is 52.5 Å². The van der Waals surface area contributed by atoms with Crippen LogP contribution in [0.5, 0.6) is 0 Å². The second-order valence-corrected chi connectivity index (χ2v) is 6.96. The fourth-order valence-corrected chi connectivity index (χ4v) is 3.60. The molecule has 1 fully saturated rings. The first kappa shape index (κ1) is 18.5. The first-order valence-electron chi connectivity index (χ1n) is 8.43. The summed E-state index contributed by atoms with van der Waals surface area (Å²) in [5.41, 5.74) is 0.270. The molecule has 0 aromatic carbocycles. The third-order valence-corrected chi connectivity index (χ3v) is 5.19. The quantitative estimate of drug-likeness (QED) is 0.792. The SMILES string of the molecule is O=C(NCC(=O)N1CCOC[C@H]1C[C@@H](O)c1cccs1)c1ccccn1. The Hall–Kier alpha value is -2.29. The zero-order chi connectivity index (χ0) is 18.4. The van der Waals surface area contributed by atoms with E-state index in [4.69, 9.17) is 4.74 Å². The monoisotopic (exact) mass is 375 g/mol. The molecule has 0 bridgehead atoms. The highest BCUT2D eigenvalue weighted by Gasteiger charge is 2.29. The van der Waals surface area contributed by atoms with Crippen molar-refractivity contribution in [2.24, 2.45) is 0 Å². The van der Waals surface area contributed by atoms with Crippen molar-refractivity contribution in [2.75, 3.05) is 26.3 Å². The largest absolute Gasteiger partial charge is 0.387 e. The summed E-state index contributed by atoms with van der Waals surface area (Å²) in [6, 6.07) is 8.57. The number of morpholine rings is 1. The number of nitrogens with one attached hydrogen (secondary N) is 1. The van der Waals surface area contributed by atoms with Gasteiger partial charge < -0.3 is 20.1 Å². The molecular formula is C18H21N3O4S. The molecule has 1 saturated heterocycles. The number of hydrogen-bond acceptors (Lipinski definition) is 6. The Bertz CT molecular complexity index is 723. The van der Waals surface area contributed by atoms with Gasteiger partial charge in [-0.15, -0.1) is 11.3 Å². The number of pyridine rings is 1. The molecule has 138 valence electrons. The van der Waals surface area contributed by atoms with Gasteiger partial charge in [0.25, 0.3) is 5.91 Å². The molecule has 7 nitrogen and oxygen atoms in total. The Morgan fingerprint density at radius 2 is 2.27 bits per heavy atom. The number of hydrogen-bond donors (Lipinski definition) is 2. The second kappa shape index (κ2) is 8.88. The zero-order valence-corrected chi connectivity index (χ0v) is 15.0. The number of aromatic nitrogens is 1. The number of ether oxygens (including phenoxy) is 1. The van der Waals surface area contributed by atoms with E-state index in [9.17, 15) is 14.7 Å². The van der Waals surface area contributed by atoms with Gasteiger partial charge in [0.1, 0.15) is 5.69 Å². The van der Waals surface area contributed by atoms with E-state index in [-0.39, 0.29) is 30.1 Å². The molecule has 3 heterocycles. The van der Waals surface area contributed by atoms with Crippen molar-refractivity contribution in [1.29, 1.82) is 0 Å². The molecule has 2 N–H and O–H groups in total. The summed E-state index contributed by atoms with van der Waals surface area (Å²) in [6.07, 6.45) is 1.29. The average Bonchev–Trinajstić information content (AvgIpc) is 3.22. The van der Waals surface area contributed by atoms with Crippen LogP contribution in [0, 0.1) is 0 Å². The van der Waals surface area contributed by atoms with Crippen molar-refractivity contribution >= 4 is 23.2 Å². The van der Waals surface area contributed by atoms with Gasteiger partial charge in [0.2, 0.25) is 5.91 Å². The predicted octanol–water partition coefficient (Wildman–Crippen LogP) is 1.22. The minimum absolute atomic E-state index is 0.110. The van der Waals surface area contributed by atoms with Crippen LogP contribution >= 0.6 is 11.3 Å². The number of amides is 2. The normalized spacial score (nSPS) is 18.3. The van der Waals surface area contributed by atoms with E-state index < -0.39 is 6.10 Å². The maximum Gasteiger partial charge on any atom is 0.270 e. The zero-order valence-electron chi connectivity index (χ0n) is 14.2. The van der Waals surface area contributed by atoms with Crippen LogP contribution < -0.4 is 5.32 Å². The minimum Gasteiger partial charge on any atom is -0.387 e. The molecule has 2 atom stereocenters. The lowest BCUT2D eigenvalue weighted by Crippen LogP contribution is -2.52. The Morgan fingerprint density at radius 3 is 3.00 bits per heavy atom. The number of thiophene rings is 1. The molecule has 2 aromatic heterocycles. The van der Waals surface area contributed by atoms with E-state index in [1.807, 2.05) is 17.5 Å². The van der Waals surface area contributed by atoms with Crippen LogP contribution in [0.3, 0.4) is 0 Å².